The van der Waals surface area contributed by atoms with Crippen molar-refractivity contribution in [3.8, 4) is 0 Å². The molecular formula is C17H11BrO2. The summed E-state index contributed by atoms with van der Waals surface area (Å²) in [5.41, 5.74) is 2.43. The summed E-state index contributed by atoms with van der Waals surface area (Å²) < 4.78 is 6.30. The van der Waals surface area contributed by atoms with Gasteiger partial charge in [0, 0.05) is 10.0 Å². The lowest BCUT2D eigenvalue weighted by molar-refractivity contribution is -0.130. The largest absolute Gasteiger partial charge is 0.422 e. The first-order valence-electron chi connectivity index (χ1n) is 6.19. The third-order valence-electron chi connectivity index (χ3n) is 2.98. The highest BCUT2D eigenvalue weighted by Crippen LogP contribution is 2.28. The molecule has 98 valence electrons. The molecule has 2 nitrogen and oxygen atoms in total. The second-order valence-corrected chi connectivity index (χ2v) is 5.33. The molecule has 0 unspecified atom stereocenters. The van der Waals surface area contributed by atoms with Crippen molar-refractivity contribution in [3.63, 3.8) is 0 Å². The van der Waals surface area contributed by atoms with Gasteiger partial charge in [-0.3, -0.25) is 0 Å². The van der Waals surface area contributed by atoms with Gasteiger partial charge >= 0.3 is 5.97 Å². The number of carbonyl (C=O) groups excluding carboxylic acids is 1. The Bertz CT molecular complexity index is 698. The number of rotatable bonds is 2. The topological polar surface area (TPSA) is 26.3 Å². The normalized spacial score (nSPS) is 16.1. The molecule has 0 saturated heterocycles. The number of hydrogen-bond donors (Lipinski definition) is 0. The molecule has 1 aliphatic heterocycles. The van der Waals surface area contributed by atoms with Gasteiger partial charge in [-0.1, -0.05) is 58.4 Å². The number of esters is 1. The molecule has 0 aromatic heterocycles. The van der Waals surface area contributed by atoms with Crippen molar-refractivity contribution < 1.29 is 9.53 Å². The van der Waals surface area contributed by atoms with Gasteiger partial charge in [0.25, 0.3) is 0 Å². The van der Waals surface area contributed by atoms with Crippen molar-refractivity contribution >= 4 is 33.7 Å². The molecule has 0 spiro atoms. The van der Waals surface area contributed by atoms with Crippen molar-refractivity contribution in [2.75, 3.05) is 0 Å². The number of carbonyl (C=O) groups is 1. The van der Waals surface area contributed by atoms with Crippen molar-refractivity contribution in [2.45, 2.75) is 0 Å². The molecular weight excluding hydrogens is 316 g/mol. The molecule has 20 heavy (non-hydrogen) atoms. The highest BCUT2D eigenvalue weighted by molar-refractivity contribution is 9.10. The van der Waals surface area contributed by atoms with E-state index in [1.165, 1.54) is 0 Å². The third kappa shape index (κ3) is 2.73. The molecule has 0 saturated carbocycles. The van der Waals surface area contributed by atoms with E-state index in [-0.39, 0.29) is 5.97 Å². The molecule has 2 aromatic rings. The summed E-state index contributed by atoms with van der Waals surface area (Å²) in [5, 5.41) is 0. The first-order valence-corrected chi connectivity index (χ1v) is 6.98. The number of cyclic esters (lactones) is 1. The van der Waals surface area contributed by atoms with Crippen LogP contribution in [0.5, 0.6) is 0 Å². The minimum absolute atomic E-state index is 0.313. The second-order valence-electron chi connectivity index (χ2n) is 4.42. The Balaban J connectivity index is 1.93. The predicted octanol–water partition coefficient (Wildman–Crippen LogP) is 4.43. The van der Waals surface area contributed by atoms with E-state index >= 15 is 0 Å². The highest BCUT2D eigenvalue weighted by Gasteiger charge is 2.21. The fourth-order valence-corrected chi connectivity index (χ4v) is 2.24. The lowest BCUT2D eigenvalue weighted by Crippen LogP contribution is -1.97. The van der Waals surface area contributed by atoms with Gasteiger partial charge in [-0.25, -0.2) is 4.79 Å². The van der Waals surface area contributed by atoms with E-state index < -0.39 is 0 Å². The first-order chi connectivity index (χ1) is 9.72. The van der Waals surface area contributed by atoms with E-state index in [9.17, 15) is 4.79 Å². The number of benzene rings is 2. The summed E-state index contributed by atoms with van der Waals surface area (Å²) in [4.78, 5) is 11.9. The van der Waals surface area contributed by atoms with Gasteiger partial charge in [0.05, 0.1) is 5.57 Å². The standard InChI is InChI=1S/C17H11BrO2/c18-15-8-6-13(7-9-15)16-11-14(17(19)20-16)10-12-4-2-1-3-5-12/h1-11H/b14-10+. The maximum absolute atomic E-state index is 11.9. The average molecular weight is 327 g/mol. The predicted molar refractivity (Wildman–Crippen MR) is 82.6 cm³/mol. The molecule has 3 heteroatoms. The van der Waals surface area contributed by atoms with Gasteiger partial charge in [0.15, 0.2) is 0 Å². The second kappa shape index (κ2) is 5.47. The van der Waals surface area contributed by atoms with Crippen LogP contribution in [-0.4, -0.2) is 5.97 Å². The van der Waals surface area contributed by atoms with Gasteiger partial charge in [0.1, 0.15) is 5.76 Å². The van der Waals surface area contributed by atoms with Crippen molar-refractivity contribution in [2.24, 2.45) is 0 Å². The molecule has 0 aliphatic carbocycles. The van der Waals surface area contributed by atoms with Crippen molar-refractivity contribution in [1.29, 1.82) is 0 Å². The van der Waals surface area contributed by atoms with E-state index in [0.29, 0.717) is 11.3 Å². The van der Waals surface area contributed by atoms with Crippen LogP contribution in [0.15, 0.2) is 70.7 Å². The molecule has 1 aliphatic rings. The van der Waals surface area contributed by atoms with Gasteiger partial charge in [-0.05, 0) is 29.8 Å². The minimum atomic E-state index is -0.313. The van der Waals surface area contributed by atoms with Crippen LogP contribution in [0.25, 0.3) is 11.8 Å². The zero-order chi connectivity index (χ0) is 13.9. The lowest BCUT2D eigenvalue weighted by Gasteiger charge is -2.01. The van der Waals surface area contributed by atoms with Crippen LogP contribution < -0.4 is 0 Å². The summed E-state index contributed by atoms with van der Waals surface area (Å²) in [7, 11) is 0. The maximum atomic E-state index is 11.9. The van der Waals surface area contributed by atoms with E-state index in [1.807, 2.05) is 60.7 Å². The molecule has 0 N–H and O–H groups in total. The Hall–Kier alpha value is -2.13. The van der Waals surface area contributed by atoms with E-state index in [4.69, 9.17) is 4.74 Å². The van der Waals surface area contributed by atoms with Gasteiger partial charge < -0.3 is 4.74 Å². The molecule has 0 radical (unpaired) electrons. The molecule has 1 heterocycles. The molecule has 0 atom stereocenters. The molecule has 2 aromatic carbocycles. The average Bonchev–Trinajstić information content (AvgIpc) is 2.82. The summed E-state index contributed by atoms with van der Waals surface area (Å²) in [6.45, 7) is 0. The monoisotopic (exact) mass is 326 g/mol. The Kier molecular flexibility index (Phi) is 3.52. The summed E-state index contributed by atoms with van der Waals surface area (Å²) >= 11 is 3.38. The van der Waals surface area contributed by atoms with Crippen LogP contribution in [0.1, 0.15) is 11.1 Å². The number of ether oxygens (including phenoxy) is 1. The summed E-state index contributed by atoms with van der Waals surface area (Å²) in [5.74, 6) is 0.274. The minimum Gasteiger partial charge on any atom is -0.422 e. The number of halogens is 1. The van der Waals surface area contributed by atoms with E-state index in [1.54, 1.807) is 6.08 Å². The van der Waals surface area contributed by atoms with Crippen LogP contribution in [0.3, 0.4) is 0 Å². The molecule has 3 rings (SSSR count). The van der Waals surface area contributed by atoms with Crippen LogP contribution in [-0.2, 0) is 9.53 Å². The van der Waals surface area contributed by atoms with Gasteiger partial charge in [0.2, 0.25) is 0 Å². The SMILES string of the molecule is O=C1OC(c2ccc(Br)cc2)=C/C1=C\c1ccccc1. The summed E-state index contributed by atoms with van der Waals surface area (Å²) in [6.07, 6.45) is 3.60. The quantitative estimate of drug-likeness (QED) is 0.602. The van der Waals surface area contributed by atoms with Gasteiger partial charge in [-0.2, -0.15) is 0 Å². The fraction of sp³-hybridized carbons (Fsp3) is 0. The van der Waals surface area contributed by atoms with E-state index in [2.05, 4.69) is 15.9 Å². The highest BCUT2D eigenvalue weighted by atomic mass is 79.9. The van der Waals surface area contributed by atoms with Crippen molar-refractivity contribution in [1.82, 2.24) is 0 Å². The summed E-state index contributed by atoms with van der Waals surface area (Å²) in [6, 6.07) is 17.4. The zero-order valence-corrected chi connectivity index (χ0v) is 12.1. The Morgan fingerprint density at radius 1 is 0.950 bits per heavy atom. The zero-order valence-electron chi connectivity index (χ0n) is 10.5. The van der Waals surface area contributed by atoms with Crippen molar-refractivity contribution in [3.05, 3.63) is 81.8 Å². The van der Waals surface area contributed by atoms with Gasteiger partial charge in [-0.15, -0.1) is 0 Å². The third-order valence-corrected chi connectivity index (χ3v) is 3.50. The fourth-order valence-electron chi connectivity index (χ4n) is 1.97. The number of hydrogen-bond acceptors (Lipinski definition) is 2. The molecule has 0 fully saturated rings. The Labute approximate surface area is 125 Å². The smallest absolute Gasteiger partial charge is 0.343 e. The lowest BCUT2D eigenvalue weighted by atomic mass is 10.1. The first kappa shape index (κ1) is 12.9. The maximum Gasteiger partial charge on any atom is 0.343 e. The van der Waals surface area contributed by atoms with Crippen LogP contribution in [0.2, 0.25) is 0 Å². The van der Waals surface area contributed by atoms with Crippen LogP contribution in [0.4, 0.5) is 0 Å². The van der Waals surface area contributed by atoms with E-state index in [0.717, 1.165) is 15.6 Å². The Morgan fingerprint density at radius 3 is 2.35 bits per heavy atom. The van der Waals surface area contributed by atoms with Crippen LogP contribution in [0, 0.1) is 0 Å². The molecule has 0 amide bonds. The van der Waals surface area contributed by atoms with Crippen LogP contribution >= 0.6 is 15.9 Å². The molecule has 0 bridgehead atoms. The Morgan fingerprint density at radius 2 is 1.65 bits per heavy atom.